The quantitative estimate of drug-likeness (QED) is 0.678. The Balaban J connectivity index is 2.50. The number of imidazole rings is 1. The average molecular weight is 316 g/mol. The Bertz CT molecular complexity index is 695. The van der Waals surface area contributed by atoms with Gasteiger partial charge in [-0.15, -0.1) is 6.58 Å². The molecule has 1 aromatic heterocycles. The maximum Gasteiger partial charge on any atom is 0.416 e. The second-order valence-electron chi connectivity index (χ2n) is 4.18. The molecule has 0 saturated heterocycles. The third-order valence-electron chi connectivity index (χ3n) is 2.68. The summed E-state index contributed by atoms with van der Waals surface area (Å²) in [7, 11) is 0. The summed E-state index contributed by atoms with van der Waals surface area (Å²) in [4.78, 5) is 14.7. The van der Waals surface area contributed by atoms with Crippen LogP contribution in [0.1, 0.15) is 5.56 Å². The number of rotatable bonds is 5. The van der Waals surface area contributed by atoms with Gasteiger partial charge in [-0.3, -0.25) is 4.79 Å². The molecule has 1 heterocycles. The van der Waals surface area contributed by atoms with Crippen molar-refractivity contribution in [3.63, 3.8) is 0 Å². The summed E-state index contributed by atoms with van der Waals surface area (Å²) in [6, 6.07) is 3.27. The smallest absolute Gasteiger partial charge is 0.416 e. The van der Waals surface area contributed by atoms with E-state index in [9.17, 15) is 18.0 Å². The largest absolute Gasteiger partial charge is 0.481 e. The van der Waals surface area contributed by atoms with Gasteiger partial charge < -0.3 is 9.67 Å². The lowest BCUT2D eigenvalue weighted by Gasteiger charge is -2.07. The zero-order chi connectivity index (χ0) is 15.6. The van der Waals surface area contributed by atoms with Gasteiger partial charge in [0.2, 0.25) is 0 Å². The Labute approximate surface area is 122 Å². The number of aromatic nitrogens is 2. The van der Waals surface area contributed by atoms with Crippen molar-refractivity contribution in [1.82, 2.24) is 9.55 Å². The molecule has 112 valence electrons. The number of alkyl halides is 3. The van der Waals surface area contributed by atoms with Crippen molar-refractivity contribution in [2.45, 2.75) is 17.9 Å². The topological polar surface area (TPSA) is 55.1 Å². The Morgan fingerprint density at radius 1 is 1.48 bits per heavy atom. The summed E-state index contributed by atoms with van der Waals surface area (Å²) in [5.74, 6) is -1.24. The maximum atomic E-state index is 12.7. The number of fused-ring (bicyclic) bond motifs is 1. The van der Waals surface area contributed by atoms with Gasteiger partial charge in [-0.2, -0.15) is 13.2 Å². The molecule has 0 atom stereocenters. The number of allylic oxidation sites excluding steroid dienone is 1. The van der Waals surface area contributed by atoms with Crippen LogP contribution < -0.4 is 0 Å². The molecule has 0 bridgehead atoms. The van der Waals surface area contributed by atoms with Gasteiger partial charge >= 0.3 is 12.1 Å². The third-order valence-corrected chi connectivity index (χ3v) is 3.64. The molecular formula is C13H11F3N2O2S. The minimum atomic E-state index is -4.44. The first kappa shape index (κ1) is 15.4. The predicted octanol–water partition coefficient (Wildman–Crippen LogP) is 3.42. The van der Waals surface area contributed by atoms with Gasteiger partial charge in [0.25, 0.3) is 0 Å². The van der Waals surface area contributed by atoms with E-state index in [-0.39, 0.29) is 11.3 Å². The molecular weight excluding hydrogens is 305 g/mol. The van der Waals surface area contributed by atoms with E-state index in [1.165, 1.54) is 6.07 Å². The normalized spacial score (nSPS) is 11.8. The number of halogens is 3. The van der Waals surface area contributed by atoms with Crippen molar-refractivity contribution in [3.05, 3.63) is 36.4 Å². The van der Waals surface area contributed by atoms with E-state index in [2.05, 4.69) is 11.6 Å². The van der Waals surface area contributed by atoms with E-state index >= 15 is 0 Å². The van der Waals surface area contributed by atoms with Crippen LogP contribution in [-0.2, 0) is 17.5 Å². The van der Waals surface area contributed by atoms with Crippen LogP contribution in [0.4, 0.5) is 13.2 Å². The Morgan fingerprint density at radius 2 is 2.19 bits per heavy atom. The Kier molecular flexibility index (Phi) is 4.26. The zero-order valence-corrected chi connectivity index (χ0v) is 11.5. The van der Waals surface area contributed by atoms with Crippen molar-refractivity contribution in [2.75, 3.05) is 5.75 Å². The molecule has 0 aliphatic heterocycles. The molecule has 0 fully saturated rings. The van der Waals surface area contributed by atoms with Crippen molar-refractivity contribution in [3.8, 4) is 0 Å². The van der Waals surface area contributed by atoms with E-state index in [0.29, 0.717) is 17.2 Å². The molecule has 4 nitrogen and oxygen atoms in total. The molecule has 0 saturated carbocycles. The summed E-state index contributed by atoms with van der Waals surface area (Å²) in [5.41, 5.74) is -0.0941. The van der Waals surface area contributed by atoms with E-state index in [1.54, 1.807) is 10.6 Å². The number of hydrogen-bond acceptors (Lipinski definition) is 3. The fourth-order valence-electron chi connectivity index (χ4n) is 1.83. The van der Waals surface area contributed by atoms with E-state index < -0.39 is 17.7 Å². The van der Waals surface area contributed by atoms with Gasteiger partial charge in [0.05, 0.1) is 22.3 Å². The van der Waals surface area contributed by atoms with Gasteiger partial charge in [-0.1, -0.05) is 17.8 Å². The zero-order valence-electron chi connectivity index (χ0n) is 10.7. The lowest BCUT2D eigenvalue weighted by atomic mass is 10.2. The minimum absolute atomic E-state index is 0.180. The number of nitrogens with zero attached hydrogens (tertiary/aromatic N) is 2. The SMILES string of the molecule is C=CCn1c(SCC(=O)O)nc2cc(C(F)(F)F)ccc21. The van der Waals surface area contributed by atoms with Crippen LogP contribution in [0.5, 0.6) is 0 Å². The number of carboxylic acid groups (broad SMARTS) is 1. The van der Waals surface area contributed by atoms with Crippen molar-refractivity contribution < 1.29 is 23.1 Å². The standard InChI is InChI=1S/C13H11F3N2O2S/c1-2-5-18-10-4-3-8(13(14,15)16)6-9(10)17-12(18)21-7-11(19)20/h2-4,6H,1,5,7H2,(H,19,20). The molecule has 0 amide bonds. The second-order valence-corrected chi connectivity index (χ2v) is 5.12. The Hall–Kier alpha value is -1.96. The molecule has 1 N–H and O–H groups in total. The van der Waals surface area contributed by atoms with Gasteiger partial charge in [0.1, 0.15) is 0 Å². The van der Waals surface area contributed by atoms with E-state index in [4.69, 9.17) is 5.11 Å². The van der Waals surface area contributed by atoms with Crippen LogP contribution in [0, 0.1) is 0 Å². The first-order chi connectivity index (χ1) is 9.82. The van der Waals surface area contributed by atoms with Crippen LogP contribution in [-0.4, -0.2) is 26.4 Å². The number of hydrogen-bond donors (Lipinski definition) is 1. The number of aliphatic carboxylic acids is 1. The lowest BCUT2D eigenvalue weighted by Crippen LogP contribution is -2.04. The highest BCUT2D eigenvalue weighted by atomic mass is 32.2. The summed E-state index contributed by atoms with van der Waals surface area (Å²) in [6.45, 7) is 3.92. The number of carboxylic acids is 1. The van der Waals surface area contributed by atoms with Crippen LogP contribution >= 0.6 is 11.8 Å². The third kappa shape index (κ3) is 3.38. The van der Waals surface area contributed by atoms with Crippen LogP contribution in [0.3, 0.4) is 0 Å². The van der Waals surface area contributed by atoms with Gasteiger partial charge in [-0.05, 0) is 18.2 Å². The van der Waals surface area contributed by atoms with Gasteiger partial charge in [-0.25, -0.2) is 4.98 Å². The van der Waals surface area contributed by atoms with Crippen LogP contribution in [0.15, 0.2) is 36.0 Å². The van der Waals surface area contributed by atoms with E-state index in [0.717, 1.165) is 23.9 Å². The fourth-order valence-corrected chi connectivity index (χ4v) is 2.57. The first-order valence-electron chi connectivity index (χ1n) is 5.86. The molecule has 0 aliphatic rings. The summed E-state index contributed by atoms with van der Waals surface area (Å²) in [6.07, 6.45) is -2.87. The summed E-state index contributed by atoms with van der Waals surface area (Å²) in [5, 5.41) is 9.05. The molecule has 0 aliphatic carbocycles. The molecule has 2 rings (SSSR count). The van der Waals surface area contributed by atoms with Crippen molar-refractivity contribution in [1.29, 1.82) is 0 Å². The second kappa shape index (κ2) is 5.80. The lowest BCUT2D eigenvalue weighted by molar-refractivity contribution is -0.137. The minimum Gasteiger partial charge on any atom is -0.481 e. The Morgan fingerprint density at radius 3 is 2.76 bits per heavy atom. The monoisotopic (exact) mass is 316 g/mol. The average Bonchev–Trinajstić information content (AvgIpc) is 2.73. The highest BCUT2D eigenvalue weighted by molar-refractivity contribution is 7.99. The molecule has 2 aromatic rings. The maximum absolute atomic E-state index is 12.7. The molecule has 0 unspecified atom stereocenters. The predicted molar refractivity (Wildman–Crippen MR) is 73.3 cm³/mol. The van der Waals surface area contributed by atoms with Crippen molar-refractivity contribution >= 4 is 28.8 Å². The van der Waals surface area contributed by atoms with Gasteiger partial charge in [0, 0.05) is 6.54 Å². The first-order valence-corrected chi connectivity index (χ1v) is 6.84. The summed E-state index contributed by atoms with van der Waals surface area (Å²) >= 11 is 0.957. The van der Waals surface area contributed by atoms with E-state index in [1.807, 2.05) is 0 Å². The fraction of sp³-hybridized carbons (Fsp3) is 0.231. The van der Waals surface area contributed by atoms with Crippen LogP contribution in [0.25, 0.3) is 11.0 Å². The molecule has 1 aromatic carbocycles. The highest BCUT2D eigenvalue weighted by Crippen LogP contribution is 2.32. The van der Waals surface area contributed by atoms with Crippen LogP contribution in [0.2, 0.25) is 0 Å². The number of carbonyl (C=O) groups is 1. The molecule has 0 spiro atoms. The molecule has 21 heavy (non-hydrogen) atoms. The number of benzene rings is 1. The number of thioether (sulfide) groups is 1. The van der Waals surface area contributed by atoms with Crippen molar-refractivity contribution in [2.24, 2.45) is 0 Å². The molecule has 0 radical (unpaired) electrons. The molecule has 8 heteroatoms. The highest BCUT2D eigenvalue weighted by Gasteiger charge is 2.31. The summed E-state index contributed by atoms with van der Waals surface area (Å²) < 4.78 is 39.7. The van der Waals surface area contributed by atoms with Gasteiger partial charge in [0.15, 0.2) is 5.16 Å².